The van der Waals surface area contributed by atoms with Crippen LogP contribution in [0.25, 0.3) is 16.7 Å². The monoisotopic (exact) mass is 487 g/mol. The average molecular weight is 488 g/mol. The number of nitrogens with one attached hydrogen (secondary N) is 1. The second-order valence-corrected chi connectivity index (χ2v) is 10.4. The molecule has 0 bridgehead atoms. The first-order chi connectivity index (χ1) is 17.4. The van der Waals surface area contributed by atoms with Crippen LogP contribution >= 0.6 is 0 Å². The summed E-state index contributed by atoms with van der Waals surface area (Å²) in [5, 5.41) is 8.87. The van der Waals surface area contributed by atoms with Crippen LogP contribution in [0.5, 0.6) is 0 Å². The average Bonchev–Trinajstić information content (AvgIpc) is 3.64. The molecule has 1 saturated carbocycles. The van der Waals surface area contributed by atoms with Crippen LogP contribution in [0.2, 0.25) is 0 Å². The van der Waals surface area contributed by atoms with Crippen LogP contribution in [0, 0.1) is 5.92 Å². The van der Waals surface area contributed by atoms with Crippen LogP contribution in [0.15, 0.2) is 40.1 Å². The molecule has 5 heterocycles. The number of piperidine rings is 1. The predicted octanol–water partition coefficient (Wildman–Crippen LogP) is 2.68. The van der Waals surface area contributed by atoms with E-state index in [1.807, 2.05) is 47.5 Å². The lowest BCUT2D eigenvalue weighted by Gasteiger charge is -2.31. The molecule has 36 heavy (non-hydrogen) atoms. The van der Waals surface area contributed by atoms with Crippen molar-refractivity contribution in [2.75, 3.05) is 13.1 Å². The second kappa shape index (κ2) is 8.69. The number of H-pyrrole nitrogens is 1. The number of rotatable bonds is 5. The summed E-state index contributed by atoms with van der Waals surface area (Å²) in [6.07, 6.45) is 5.49. The van der Waals surface area contributed by atoms with Crippen LogP contribution < -0.4 is 11.2 Å². The molecule has 186 valence electrons. The van der Waals surface area contributed by atoms with Crippen LogP contribution in [0.1, 0.15) is 73.2 Å². The molecular weight excluding hydrogens is 458 g/mol. The summed E-state index contributed by atoms with van der Waals surface area (Å²) >= 11 is 0. The van der Waals surface area contributed by atoms with Crippen LogP contribution in [0.4, 0.5) is 0 Å². The van der Waals surface area contributed by atoms with Crippen molar-refractivity contribution in [3.63, 3.8) is 0 Å². The highest BCUT2D eigenvalue weighted by atomic mass is 16.2. The molecule has 0 unspecified atom stereocenters. The number of nitrogens with zero attached hydrogens (tertiary/aromatic N) is 6. The first kappa shape index (κ1) is 22.6. The van der Waals surface area contributed by atoms with Crippen molar-refractivity contribution in [2.24, 2.45) is 5.92 Å². The van der Waals surface area contributed by atoms with Crippen molar-refractivity contribution < 1.29 is 4.79 Å². The maximum absolute atomic E-state index is 13.8. The van der Waals surface area contributed by atoms with Gasteiger partial charge in [-0.05, 0) is 49.8 Å². The van der Waals surface area contributed by atoms with E-state index in [0.717, 1.165) is 42.8 Å². The van der Waals surface area contributed by atoms with Crippen molar-refractivity contribution in [2.45, 2.75) is 57.9 Å². The van der Waals surface area contributed by atoms with E-state index in [0.29, 0.717) is 30.8 Å². The molecule has 1 saturated heterocycles. The summed E-state index contributed by atoms with van der Waals surface area (Å²) in [5.41, 5.74) is 1.22. The third-order valence-electron chi connectivity index (χ3n) is 7.23. The molecule has 1 amide bonds. The molecule has 1 N–H and O–H groups in total. The van der Waals surface area contributed by atoms with E-state index in [4.69, 9.17) is 4.98 Å². The predicted molar refractivity (Wildman–Crippen MR) is 134 cm³/mol. The van der Waals surface area contributed by atoms with E-state index in [9.17, 15) is 14.4 Å². The number of aromatic amines is 1. The molecule has 0 aromatic carbocycles. The Labute approximate surface area is 207 Å². The Morgan fingerprint density at radius 3 is 2.58 bits per heavy atom. The molecule has 0 atom stereocenters. The first-order valence-electron chi connectivity index (χ1n) is 12.7. The zero-order chi connectivity index (χ0) is 25.0. The maximum Gasteiger partial charge on any atom is 0.330 e. The lowest BCUT2D eigenvalue weighted by molar-refractivity contribution is 0.0712. The SMILES string of the molecule is CC(C)Cn1c(=O)[nH]c(=O)c2c(C(=O)N3CCC(c4nnc5ccccn45)CC3)cc(C3CC3)nc21. The number of fused-ring (bicyclic) bond motifs is 2. The number of hydrogen-bond donors (Lipinski definition) is 1. The Kier molecular flexibility index (Phi) is 5.46. The fourth-order valence-corrected chi connectivity index (χ4v) is 5.23. The highest BCUT2D eigenvalue weighted by Crippen LogP contribution is 2.40. The number of pyridine rings is 2. The number of hydrogen-bond acceptors (Lipinski definition) is 6. The standard InChI is InChI=1S/C26H29N7O3/c1-15(2)14-33-23-21(24(34)28-26(33)36)18(13-19(27-23)16-6-7-16)25(35)31-11-8-17(9-12-31)22-30-29-20-5-3-4-10-32(20)22/h3-5,10,13,15-17H,6-9,11-12,14H2,1-2H3,(H,28,34,36). The number of carbonyl (C=O) groups is 1. The van der Waals surface area contributed by atoms with Gasteiger partial charge in [-0.3, -0.25) is 23.5 Å². The molecule has 2 aliphatic rings. The highest BCUT2D eigenvalue weighted by Gasteiger charge is 2.32. The molecule has 10 nitrogen and oxygen atoms in total. The number of carbonyl (C=O) groups excluding carboxylic acids is 1. The summed E-state index contributed by atoms with van der Waals surface area (Å²) in [7, 11) is 0. The fraction of sp³-hybridized carbons (Fsp3) is 0.462. The van der Waals surface area contributed by atoms with E-state index < -0.39 is 11.2 Å². The van der Waals surface area contributed by atoms with Crippen LogP contribution in [-0.2, 0) is 6.54 Å². The van der Waals surface area contributed by atoms with Gasteiger partial charge in [-0.2, -0.15) is 0 Å². The summed E-state index contributed by atoms with van der Waals surface area (Å²) in [4.78, 5) is 48.4. The van der Waals surface area contributed by atoms with Crippen molar-refractivity contribution in [1.82, 2.24) is 34.0 Å². The topological polar surface area (TPSA) is 118 Å². The lowest BCUT2D eigenvalue weighted by atomic mass is 9.95. The minimum Gasteiger partial charge on any atom is -0.339 e. The van der Waals surface area contributed by atoms with Gasteiger partial charge >= 0.3 is 5.69 Å². The first-order valence-corrected chi connectivity index (χ1v) is 12.7. The highest BCUT2D eigenvalue weighted by molar-refractivity contribution is 6.05. The zero-order valence-electron chi connectivity index (χ0n) is 20.5. The van der Waals surface area contributed by atoms with Crippen LogP contribution in [0.3, 0.4) is 0 Å². The van der Waals surface area contributed by atoms with Gasteiger partial charge < -0.3 is 4.90 Å². The summed E-state index contributed by atoms with van der Waals surface area (Å²) in [5.74, 6) is 1.37. The van der Waals surface area contributed by atoms with Crippen LogP contribution in [-0.4, -0.2) is 53.0 Å². The third kappa shape index (κ3) is 3.90. The van der Waals surface area contributed by atoms with Crippen molar-refractivity contribution in [1.29, 1.82) is 0 Å². The van der Waals surface area contributed by atoms with Gasteiger partial charge in [0.25, 0.3) is 11.5 Å². The third-order valence-corrected chi connectivity index (χ3v) is 7.23. The quantitative estimate of drug-likeness (QED) is 0.462. The van der Waals surface area contributed by atoms with Crippen molar-refractivity contribution in [3.8, 4) is 0 Å². The largest absolute Gasteiger partial charge is 0.339 e. The van der Waals surface area contributed by atoms with Crippen molar-refractivity contribution in [3.05, 3.63) is 68.4 Å². The summed E-state index contributed by atoms with van der Waals surface area (Å²) in [6.45, 7) is 5.53. The minimum absolute atomic E-state index is 0.176. The lowest BCUT2D eigenvalue weighted by Crippen LogP contribution is -2.39. The van der Waals surface area contributed by atoms with E-state index in [-0.39, 0.29) is 29.0 Å². The molecule has 2 fully saturated rings. The Bertz CT molecular complexity index is 1590. The Morgan fingerprint density at radius 2 is 1.86 bits per heavy atom. The van der Waals surface area contributed by atoms with Gasteiger partial charge in [0.05, 0.1) is 10.9 Å². The van der Waals surface area contributed by atoms with Gasteiger partial charge in [-0.25, -0.2) is 9.78 Å². The number of amides is 1. The Hall–Kier alpha value is -3.82. The van der Waals surface area contributed by atoms with Gasteiger partial charge in [-0.1, -0.05) is 19.9 Å². The minimum atomic E-state index is -0.557. The van der Waals surface area contributed by atoms with Gasteiger partial charge in [0.15, 0.2) is 11.3 Å². The van der Waals surface area contributed by atoms with Gasteiger partial charge in [0, 0.05) is 43.4 Å². The molecule has 1 aliphatic carbocycles. The van der Waals surface area contributed by atoms with E-state index in [2.05, 4.69) is 15.2 Å². The fourth-order valence-electron chi connectivity index (χ4n) is 5.23. The molecule has 10 heteroatoms. The van der Waals surface area contributed by atoms with Gasteiger partial charge in [0.2, 0.25) is 0 Å². The Balaban J connectivity index is 1.35. The molecule has 6 rings (SSSR count). The molecule has 1 aliphatic heterocycles. The normalized spacial score (nSPS) is 16.9. The van der Waals surface area contributed by atoms with E-state index in [1.54, 1.807) is 6.07 Å². The summed E-state index contributed by atoms with van der Waals surface area (Å²) in [6, 6.07) is 7.60. The van der Waals surface area contributed by atoms with Gasteiger partial charge in [-0.15, -0.1) is 10.2 Å². The second-order valence-electron chi connectivity index (χ2n) is 10.4. The molecular formula is C26H29N7O3. The molecule has 0 spiro atoms. The summed E-state index contributed by atoms with van der Waals surface area (Å²) < 4.78 is 3.51. The zero-order valence-corrected chi connectivity index (χ0v) is 20.5. The molecule has 4 aromatic rings. The van der Waals surface area contributed by atoms with Crippen molar-refractivity contribution >= 4 is 22.6 Å². The van der Waals surface area contributed by atoms with Gasteiger partial charge in [0.1, 0.15) is 5.82 Å². The smallest absolute Gasteiger partial charge is 0.330 e. The Morgan fingerprint density at radius 1 is 1.08 bits per heavy atom. The molecule has 0 radical (unpaired) electrons. The van der Waals surface area contributed by atoms with E-state index in [1.165, 1.54) is 4.57 Å². The number of likely N-dealkylation sites (tertiary alicyclic amines) is 1. The van der Waals surface area contributed by atoms with E-state index >= 15 is 0 Å². The number of aromatic nitrogens is 6. The molecule has 4 aromatic heterocycles. The maximum atomic E-state index is 13.8.